The Morgan fingerprint density at radius 3 is 2.10 bits per heavy atom. The van der Waals surface area contributed by atoms with Crippen molar-refractivity contribution in [3.8, 4) is 0 Å². The van der Waals surface area contributed by atoms with Crippen LogP contribution in [0, 0.1) is 29.2 Å². The molecule has 2 heterocycles. The van der Waals surface area contributed by atoms with E-state index >= 15 is 0 Å². The summed E-state index contributed by atoms with van der Waals surface area (Å²) < 4.78 is 75.6. The second-order valence-electron chi connectivity index (χ2n) is 8.17. The van der Waals surface area contributed by atoms with Gasteiger partial charge in [-0.25, -0.2) is 17.6 Å². The summed E-state index contributed by atoms with van der Waals surface area (Å²) in [5.74, 6) is -4.62. The van der Waals surface area contributed by atoms with Gasteiger partial charge >= 0.3 is 0 Å². The third kappa shape index (κ3) is 4.05. The van der Waals surface area contributed by atoms with Crippen LogP contribution in [0.4, 0.5) is 17.6 Å². The highest BCUT2D eigenvalue weighted by molar-refractivity contribution is 6.06. The van der Waals surface area contributed by atoms with Crippen LogP contribution in [0.1, 0.15) is 63.4 Å². The second-order valence-corrected chi connectivity index (χ2v) is 8.17. The zero-order valence-corrected chi connectivity index (χ0v) is 17.7. The predicted octanol–water partition coefficient (Wildman–Crippen LogP) is 7.34. The predicted molar refractivity (Wildman–Crippen MR) is 110 cm³/mol. The van der Waals surface area contributed by atoms with E-state index in [-0.39, 0.29) is 34.6 Å². The molecule has 0 radical (unpaired) electrons. The Labute approximate surface area is 178 Å². The average molecular weight is 438 g/mol. The van der Waals surface area contributed by atoms with Crippen LogP contribution >= 0.6 is 0 Å². The number of benzene rings is 2. The van der Waals surface area contributed by atoms with Crippen LogP contribution in [0.2, 0.25) is 0 Å². The molecular weight excluding hydrogens is 412 g/mol. The maximum absolute atomic E-state index is 15.0. The third-order valence-corrected chi connectivity index (χ3v) is 5.98. The van der Waals surface area contributed by atoms with E-state index in [9.17, 15) is 17.6 Å². The minimum Gasteiger partial charge on any atom is -0.456 e. The highest BCUT2D eigenvalue weighted by Crippen LogP contribution is 2.39. The first kappa shape index (κ1) is 22.1. The summed E-state index contributed by atoms with van der Waals surface area (Å²) in [6.45, 7) is 4.59. The molecule has 2 aromatic carbocycles. The molecule has 0 bridgehead atoms. The van der Waals surface area contributed by atoms with Crippen molar-refractivity contribution in [2.24, 2.45) is 5.92 Å². The normalized spacial score (nSPS) is 19.5. The van der Waals surface area contributed by atoms with Crippen LogP contribution < -0.4 is 0 Å². The first-order chi connectivity index (χ1) is 15.0. The molecule has 31 heavy (non-hydrogen) atoms. The molecule has 7 heteroatoms. The Morgan fingerprint density at radius 2 is 1.45 bits per heavy atom. The number of hydrogen-bond donors (Lipinski definition) is 0. The molecule has 1 aromatic heterocycles. The molecule has 0 aliphatic carbocycles. The molecular formula is C24H26F4O3. The number of halogens is 4. The Bertz CT molecular complexity index is 1080. The van der Waals surface area contributed by atoms with Crippen molar-refractivity contribution in [1.29, 1.82) is 0 Å². The fraction of sp³-hybridized carbons (Fsp3) is 0.500. The van der Waals surface area contributed by atoms with Crippen molar-refractivity contribution >= 4 is 21.9 Å². The summed E-state index contributed by atoms with van der Waals surface area (Å²) in [6, 6.07) is 2.57. The first-order valence-corrected chi connectivity index (χ1v) is 10.9. The molecule has 0 atom stereocenters. The summed E-state index contributed by atoms with van der Waals surface area (Å²) in [5.41, 5.74) is -0.151. The van der Waals surface area contributed by atoms with Crippen LogP contribution in [0.5, 0.6) is 0 Å². The van der Waals surface area contributed by atoms with Gasteiger partial charge in [-0.15, -0.1) is 0 Å². The second kappa shape index (κ2) is 9.17. The van der Waals surface area contributed by atoms with Crippen molar-refractivity contribution in [2.75, 3.05) is 13.2 Å². The van der Waals surface area contributed by atoms with E-state index in [1.54, 1.807) is 6.92 Å². The summed E-state index contributed by atoms with van der Waals surface area (Å²) in [7, 11) is 0. The molecule has 4 rings (SSSR count). The lowest BCUT2D eigenvalue weighted by Gasteiger charge is -2.29. The van der Waals surface area contributed by atoms with E-state index in [1.165, 1.54) is 18.6 Å². The van der Waals surface area contributed by atoms with Crippen molar-refractivity contribution in [2.45, 2.75) is 58.7 Å². The van der Waals surface area contributed by atoms with Gasteiger partial charge in [-0.3, -0.25) is 0 Å². The van der Waals surface area contributed by atoms with E-state index in [0.717, 1.165) is 25.7 Å². The van der Waals surface area contributed by atoms with Gasteiger partial charge in [0.15, 0.2) is 29.6 Å². The van der Waals surface area contributed by atoms with Crippen LogP contribution in [0.15, 0.2) is 16.5 Å². The van der Waals surface area contributed by atoms with E-state index in [4.69, 9.17) is 13.9 Å². The van der Waals surface area contributed by atoms with Gasteiger partial charge in [0.25, 0.3) is 0 Å². The van der Waals surface area contributed by atoms with Crippen LogP contribution in [-0.4, -0.2) is 13.2 Å². The van der Waals surface area contributed by atoms with Gasteiger partial charge < -0.3 is 13.9 Å². The largest absolute Gasteiger partial charge is 0.456 e. The van der Waals surface area contributed by atoms with Gasteiger partial charge in [-0.1, -0.05) is 39.5 Å². The standard InChI is InChI=1S/C24H26F4O3/c1-3-5-6-7-8-13-11-29-24(30-12-13)15-10-17-19(23(28)21(15)26)18-16(31-17)9-14(4-2)20(25)22(18)27/h9-10,13,24H,3-8,11-12H2,1-2H3. The number of aryl methyl sites for hydroxylation is 1. The first-order valence-electron chi connectivity index (χ1n) is 10.9. The highest BCUT2D eigenvalue weighted by atomic mass is 19.2. The fourth-order valence-electron chi connectivity index (χ4n) is 4.20. The van der Waals surface area contributed by atoms with E-state index in [0.29, 0.717) is 13.2 Å². The zero-order valence-electron chi connectivity index (χ0n) is 17.7. The van der Waals surface area contributed by atoms with E-state index in [2.05, 4.69) is 6.92 Å². The smallest absolute Gasteiger partial charge is 0.186 e. The Kier molecular flexibility index (Phi) is 6.53. The maximum Gasteiger partial charge on any atom is 0.186 e. The van der Waals surface area contributed by atoms with Crippen LogP contribution in [0.3, 0.4) is 0 Å². The summed E-state index contributed by atoms with van der Waals surface area (Å²) in [6.07, 6.45) is 4.68. The molecule has 0 spiro atoms. The van der Waals surface area contributed by atoms with Gasteiger partial charge in [-0.2, -0.15) is 0 Å². The van der Waals surface area contributed by atoms with E-state index < -0.39 is 40.3 Å². The molecule has 3 nitrogen and oxygen atoms in total. The summed E-state index contributed by atoms with van der Waals surface area (Å²) in [4.78, 5) is 0. The number of ether oxygens (including phenoxy) is 2. The number of furan rings is 1. The Hall–Kier alpha value is -2.12. The summed E-state index contributed by atoms with van der Waals surface area (Å²) >= 11 is 0. The molecule has 3 aromatic rings. The van der Waals surface area contributed by atoms with Gasteiger partial charge in [0.05, 0.1) is 29.5 Å². The molecule has 1 aliphatic rings. The van der Waals surface area contributed by atoms with Crippen LogP contribution in [-0.2, 0) is 15.9 Å². The number of unbranched alkanes of at least 4 members (excludes halogenated alkanes) is 3. The highest BCUT2D eigenvalue weighted by Gasteiger charge is 2.30. The topological polar surface area (TPSA) is 31.6 Å². The zero-order chi connectivity index (χ0) is 22.1. The van der Waals surface area contributed by atoms with Gasteiger partial charge in [0, 0.05) is 5.92 Å². The monoisotopic (exact) mass is 438 g/mol. The molecule has 1 saturated heterocycles. The maximum atomic E-state index is 15.0. The number of rotatable bonds is 7. The molecule has 1 aliphatic heterocycles. The molecule has 1 fully saturated rings. The van der Waals surface area contributed by atoms with Gasteiger partial charge in [0.1, 0.15) is 11.2 Å². The fourth-order valence-corrected chi connectivity index (χ4v) is 4.20. The number of fused-ring (bicyclic) bond motifs is 3. The van der Waals surface area contributed by atoms with Crippen LogP contribution in [0.25, 0.3) is 21.9 Å². The molecule has 0 N–H and O–H groups in total. The SMILES string of the molecule is CCCCCCC1COC(c2cc3oc4cc(CC)c(F)c(F)c4c3c(F)c2F)OC1. The van der Waals surface area contributed by atoms with Crippen molar-refractivity contribution in [3.05, 3.63) is 46.5 Å². The minimum absolute atomic E-state index is 0.0289. The van der Waals surface area contributed by atoms with Gasteiger partial charge in [0.2, 0.25) is 0 Å². The molecule has 0 saturated carbocycles. The number of hydrogen-bond acceptors (Lipinski definition) is 3. The lowest BCUT2D eigenvalue weighted by molar-refractivity contribution is -0.207. The van der Waals surface area contributed by atoms with Crippen molar-refractivity contribution < 1.29 is 31.5 Å². The average Bonchev–Trinajstić information content (AvgIpc) is 3.15. The van der Waals surface area contributed by atoms with Crippen molar-refractivity contribution in [1.82, 2.24) is 0 Å². The molecule has 0 unspecified atom stereocenters. The quantitative estimate of drug-likeness (QED) is 0.286. The Morgan fingerprint density at radius 1 is 0.806 bits per heavy atom. The van der Waals surface area contributed by atoms with E-state index in [1.807, 2.05) is 0 Å². The molecule has 168 valence electrons. The summed E-state index contributed by atoms with van der Waals surface area (Å²) in [5, 5.41) is -0.815. The lowest BCUT2D eigenvalue weighted by Crippen LogP contribution is -2.27. The Balaban J connectivity index is 1.62. The van der Waals surface area contributed by atoms with Crippen molar-refractivity contribution in [3.63, 3.8) is 0 Å². The molecule has 0 amide bonds. The lowest BCUT2D eigenvalue weighted by atomic mass is 10.0. The van der Waals surface area contributed by atoms with Gasteiger partial charge in [-0.05, 0) is 30.5 Å². The third-order valence-electron chi connectivity index (χ3n) is 5.98. The minimum atomic E-state index is -1.30.